The average Bonchev–Trinajstić information content (AvgIpc) is 2.62. The predicted octanol–water partition coefficient (Wildman–Crippen LogP) is 4.09. The van der Waals surface area contributed by atoms with Crippen molar-refractivity contribution in [2.24, 2.45) is 0 Å². The topological polar surface area (TPSA) is 17.1 Å². The molecule has 0 N–H and O–H groups in total. The molecule has 1 aromatic carbocycles. The molecule has 2 rings (SSSR count). The third-order valence-corrected chi connectivity index (χ3v) is 3.98. The number of ketones is 1. The molecule has 0 saturated carbocycles. The fourth-order valence-corrected chi connectivity index (χ4v) is 3.09. The zero-order valence-corrected chi connectivity index (χ0v) is 10.2. The second-order valence-corrected chi connectivity index (χ2v) is 5.02. The highest BCUT2D eigenvalue weighted by molar-refractivity contribution is 9.10. The number of carbonyl (C=O) groups excluding carboxylic acids is 1. The van der Waals surface area contributed by atoms with Gasteiger partial charge in [0.1, 0.15) is 0 Å². The lowest BCUT2D eigenvalue weighted by Crippen LogP contribution is -1.95. The van der Waals surface area contributed by atoms with Gasteiger partial charge in [-0.05, 0) is 18.2 Å². The first-order valence-corrected chi connectivity index (χ1v) is 6.14. The van der Waals surface area contributed by atoms with E-state index in [0.29, 0.717) is 0 Å². The Morgan fingerprint density at radius 2 is 2.29 bits per heavy atom. The van der Waals surface area contributed by atoms with Gasteiger partial charge in [-0.15, -0.1) is 22.9 Å². The molecule has 0 radical (unpaired) electrons. The summed E-state index contributed by atoms with van der Waals surface area (Å²) >= 11 is 10.4. The van der Waals surface area contributed by atoms with Crippen LogP contribution in [-0.4, -0.2) is 11.7 Å². The fourth-order valence-electron chi connectivity index (χ4n) is 1.23. The first kappa shape index (κ1) is 10.1. The van der Waals surface area contributed by atoms with E-state index >= 15 is 0 Å². The lowest BCUT2D eigenvalue weighted by molar-refractivity contribution is 0.102. The van der Waals surface area contributed by atoms with Crippen LogP contribution in [-0.2, 0) is 0 Å². The van der Waals surface area contributed by atoms with Gasteiger partial charge >= 0.3 is 0 Å². The van der Waals surface area contributed by atoms with Crippen molar-refractivity contribution in [3.8, 4) is 0 Å². The lowest BCUT2D eigenvalue weighted by Gasteiger charge is -1.89. The summed E-state index contributed by atoms with van der Waals surface area (Å²) in [4.78, 5) is 12.1. The fraction of sp³-hybridized carbons (Fsp3) is 0.100. The Morgan fingerprint density at radius 3 is 2.93 bits per heavy atom. The summed E-state index contributed by atoms with van der Waals surface area (Å²) in [6, 6.07) is 7.80. The Bertz CT molecular complexity index is 492. The molecule has 0 aliphatic rings. The van der Waals surface area contributed by atoms with Crippen molar-refractivity contribution in [3.63, 3.8) is 0 Å². The Kier molecular flexibility index (Phi) is 2.91. The Balaban J connectivity index is 2.62. The average molecular weight is 290 g/mol. The monoisotopic (exact) mass is 288 g/mol. The maximum atomic E-state index is 11.4. The molecule has 0 aliphatic heterocycles. The van der Waals surface area contributed by atoms with Gasteiger partial charge < -0.3 is 0 Å². The molecule has 14 heavy (non-hydrogen) atoms. The van der Waals surface area contributed by atoms with Gasteiger partial charge in [0.15, 0.2) is 5.78 Å². The van der Waals surface area contributed by atoms with Gasteiger partial charge in [-0.1, -0.05) is 22.0 Å². The number of Topliss-reactive ketones (excluding diaryl/α,β-unsaturated/α-hetero) is 1. The van der Waals surface area contributed by atoms with E-state index in [1.807, 2.05) is 24.3 Å². The molecule has 0 spiro atoms. The number of alkyl halides is 1. The maximum Gasteiger partial charge on any atom is 0.187 e. The summed E-state index contributed by atoms with van der Waals surface area (Å²) < 4.78 is 2.12. The van der Waals surface area contributed by atoms with Crippen molar-refractivity contribution in [1.82, 2.24) is 0 Å². The zero-order valence-electron chi connectivity index (χ0n) is 7.09. The van der Waals surface area contributed by atoms with E-state index in [1.54, 1.807) is 0 Å². The standard InChI is InChI=1S/C10H6BrClOS/c11-7-2-1-3-9-6(7)4-10(14-9)8(13)5-12/h1-4H,5H2. The highest BCUT2D eigenvalue weighted by atomic mass is 79.9. The van der Waals surface area contributed by atoms with E-state index in [1.165, 1.54) is 11.3 Å². The van der Waals surface area contributed by atoms with Crippen molar-refractivity contribution in [2.45, 2.75) is 0 Å². The Morgan fingerprint density at radius 1 is 1.50 bits per heavy atom. The largest absolute Gasteiger partial charge is 0.292 e. The van der Waals surface area contributed by atoms with E-state index in [-0.39, 0.29) is 11.7 Å². The second-order valence-electron chi connectivity index (χ2n) is 2.82. The number of thiophene rings is 1. The van der Waals surface area contributed by atoms with E-state index in [2.05, 4.69) is 15.9 Å². The van der Waals surface area contributed by atoms with Crippen LogP contribution < -0.4 is 0 Å². The highest BCUT2D eigenvalue weighted by Gasteiger charge is 2.09. The van der Waals surface area contributed by atoms with Crippen LogP contribution in [0.25, 0.3) is 10.1 Å². The number of hydrogen-bond acceptors (Lipinski definition) is 2. The Hall–Kier alpha value is -0.380. The summed E-state index contributed by atoms with van der Waals surface area (Å²) in [7, 11) is 0. The number of hydrogen-bond donors (Lipinski definition) is 0. The third-order valence-electron chi connectivity index (χ3n) is 1.90. The SMILES string of the molecule is O=C(CCl)c1cc2c(Br)cccc2s1. The van der Waals surface area contributed by atoms with Crippen molar-refractivity contribution >= 4 is 54.7 Å². The third kappa shape index (κ3) is 1.72. The van der Waals surface area contributed by atoms with Gasteiger partial charge in [-0.3, -0.25) is 4.79 Å². The minimum atomic E-state index is -0.0141. The molecule has 0 aliphatic carbocycles. The van der Waals surface area contributed by atoms with Gasteiger partial charge in [0.25, 0.3) is 0 Å². The van der Waals surface area contributed by atoms with Crippen LogP contribution in [0.2, 0.25) is 0 Å². The zero-order chi connectivity index (χ0) is 10.1. The highest BCUT2D eigenvalue weighted by Crippen LogP contribution is 2.31. The van der Waals surface area contributed by atoms with Crippen LogP contribution >= 0.6 is 38.9 Å². The molecular formula is C10H6BrClOS. The molecule has 2 aromatic rings. The van der Waals surface area contributed by atoms with Crippen LogP contribution in [0.4, 0.5) is 0 Å². The molecule has 0 fully saturated rings. The number of rotatable bonds is 2. The van der Waals surface area contributed by atoms with Gasteiger partial charge in [-0.25, -0.2) is 0 Å². The van der Waals surface area contributed by atoms with Gasteiger partial charge in [0.05, 0.1) is 10.8 Å². The smallest absolute Gasteiger partial charge is 0.187 e. The second kappa shape index (κ2) is 4.01. The van der Waals surface area contributed by atoms with Crippen molar-refractivity contribution < 1.29 is 4.79 Å². The van der Waals surface area contributed by atoms with Crippen LogP contribution in [0, 0.1) is 0 Å². The molecule has 0 amide bonds. The molecule has 0 unspecified atom stereocenters. The number of carbonyl (C=O) groups is 1. The van der Waals surface area contributed by atoms with Gasteiger partial charge in [0, 0.05) is 14.6 Å². The molecule has 0 bridgehead atoms. The molecule has 1 aromatic heterocycles. The molecular weight excluding hydrogens is 284 g/mol. The predicted molar refractivity (Wildman–Crippen MR) is 64.6 cm³/mol. The Labute approximate surface area is 98.8 Å². The molecule has 1 nitrogen and oxygen atoms in total. The van der Waals surface area contributed by atoms with Crippen LogP contribution in [0.3, 0.4) is 0 Å². The van der Waals surface area contributed by atoms with Crippen LogP contribution in [0.1, 0.15) is 9.67 Å². The maximum absolute atomic E-state index is 11.4. The molecule has 4 heteroatoms. The molecule has 72 valence electrons. The summed E-state index contributed by atoms with van der Waals surface area (Å²) in [6.45, 7) is 0. The van der Waals surface area contributed by atoms with E-state index in [9.17, 15) is 4.79 Å². The number of benzene rings is 1. The van der Waals surface area contributed by atoms with Crippen molar-refractivity contribution in [3.05, 3.63) is 33.6 Å². The van der Waals surface area contributed by atoms with Crippen LogP contribution in [0.5, 0.6) is 0 Å². The quantitative estimate of drug-likeness (QED) is 0.601. The van der Waals surface area contributed by atoms with Crippen LogP contribution in [0.15, 0.2) is 28.7 Å². The summed E-state index contributed by atoms with van der Waals surface area (Å²) in [5.74, 6) is 0.0320. The number of fused-ring (bicyclic) bond motifs is 1. The molecule has 0 atom stereocenters. The van der Waals surface area contributed by atoms with Crippen molar-refractivity contribution in [2.75, 3.05) is 5.88 Å². The lowest BCUT2D eigenvalue weighted by atomic mass is 10.2. The first-order chi connectivity index (χ1) is 6.72. The summed E-state index contributed by atoms with van der Waals surface area (Å²) in [5.41, 5.74) is 0. The van der Waals surface area contributed by atoms with Gasteiger partial charge in [0.2, 0.25) is 0 Å². The number of halogens is 2. The minimum Gasteiger partial charge on any atom is -0.292 e. The first-order valence-electron chi connectivity index (χ1n) is 3.99. The van der Waals surface area contributed by atoms with E-state index in [4.69, 9.17) is 11.6 Å². The molecule has 0 saturated heterocycles. The van der Waals surface area contributed by atoms with Gasteiger partial charge in [-0.2, -0.15) is 0 Å². The van der Waals surface area contributed by atoms with E-state index in [0.717, 1.165) is 19.4 Å². The summed E-state index contributed by atoms with van der Waals surface area (Å²) in [5, 5.41) is 1.07. The van der Waals surface area contributed by atoms with E-state index < -0.39 is 0 Å². The summed E-state index contributed by atoms with van der Waals surface area (Å²) in [6.07, 6.45) is 0. The molecule has 1 heterocycles. The minimum absolute atomic E-state index is 0.0141. The normalized spacial score (nSPS) is 10.7. The van der Waals surface area contributed by atoms with Crippen molar-refractivity contribution in [1.29, 1.82) is 0 Å².